The van der Waals surface area contributed by atoms with Gasteiger partial charge in [-0.15, -0.1) is 11.6 Å². The molecule has 0 saturated carbocycles. The average Bonchev–Trinajstić information content (AvgIpc) is 2.33. The van der Waals surface area contributed by atoms with Gasteiger partial charge in [-0.05, 0) is 24.1 Å². The summed E-state index contributed by atoms with van der Waals surface area (Å²) in [6.45, 7) is 13.2. The number of hydrogen-bond acceptors (Lipinski definition) is 1. The van der Waals surface area contributed by atoms with Crippen molar-refractivity contribution >= 4 is 28.4 Å². The van der Waals surface area contributed by atoms with Gasteiger partial charge in [0.05, 0.1) is 0 Å². The molecule has 1 nitrogen and oxygen atoms in total. The number of alkyl halides is 1. The minimum absolute atomic E-state index is 0.341. The van der Waals surface area contributed by atoms with Crippen LogP contribution in [0.4, 0.5) is 0 Å². The van der Waals surface area contributed by atoms with Crippen molar-refractivity contribution in [2.45, 2.75) is 34.6 Å². The van der Waals surface area contributed by atoms with Crippen LogP contribution in [-0.4, -0.2) is 11.1 Å². The van der Waals surface area contributed by atoms with Crippen molar-refractivity contribution in [3.05, 3.63) is 36.0 Å². The molecular weight excluding hydrogens is 243 g/mol. The molecule has 16 heavy (non-hydrogen) atoms. The molecule has 0 aromatic carbocycles. The maximum Gasteiger partial charge on any atom is 0.248 e. The summed E-state index contributed by atoms with van der Waals surface area (Å²) in [6.07, 6.45) is 4.99. The van der Waals surface area contributed by atoms with Crippen molar-refractivity contribution in [3.63, 3.8) is 0 Å². The van der Waals surface area contributed by atoms with Gasteiger partial charge in [-0.3, -0.25) is 4.79 Å². The number of halogens is 2. The molecule has 0 aromatic rings. The SMILES string of the molecule is C=C/C=C(\C=C(/C)C(=O)Cl)CCl.CC.CC. The van der Waals surface area contributed by atoms with Crippen molar-refractivity contribution in [2.75, 3.05) is 5.88 Å². The van der Waals surface area contributed by atoms with Crippen molar-refractivity contribution in [2.24, 2.45) is 0 Å². The van der Waals surface area contributed by atoms with Gasteiger partial charge in [-0.25, -0.2) is 0 Å². The van der Waals surface area contributed by atoms with Crippen molar-refractivity contribution in [3.8, 4) is 0 Å². The Morgan fingerprint density at radius 2 is 1.69 bits per heavy atom. The van der Waals surface area contributed by atoms with Gasteiger partial charge in [0.1, 0.15) is 0 Å². The molecule has 0 saturated heterocycles. The zero-order valence-corrected chi connectivity index (χ0v) is 12.3. The lowest BCUT2D eigenvalue weighted by Crippen LogP contribution is -1.89. The third-order valence-corrected chi connectivity index (χ3v) is 1.80. The van der Waals surface area contributed by atoms with Crippen LogP contribution < -0.4 is 0 Å². The highest BCUT2D eigenvalue weighted by Gasteiger charge is 1.99. The quantitative estimate of drug-likeness (QED) is 0.299. The molecule has 0 rings (SSSR count). The van der Waals surface area contributed by atoms with Gasteiger partial charge in [0, 0.05) is 11.5 Å². The Morgan fingerprint density at radius 3 is 1.94 bits per heavy atom. The summed E-state index contributed by atoms with van der Waals surface area (Å²) < 4.78 is 0. The second-order valence-electron chi connectivity index (χ2n) is 2.21. The molecule has 0 unspecified atom stereocenters. The lowest BCUT2D eigenvalue weighted by molar-refractivity contribution is -0.108. The zero-order chi connectivity index (χ0) is 13.6. The van der Waals surface area contributed by atoms with Crippen LogP contribution in [0.2, 0.25) is 0 Å². The van der Waals surface area contributed by atoms with Crippen LogP contribution in [0, 0.1) is 0 Å². The first-order valence-corrected chi connectivity index (χ1v) is 6.28. The van der Waals surface area contributed by atoms with Gasteiger partial charge >= 0.3 is 0 Å². The maximum absolute atomic E-state index is 10.6. The second-order valence-corrected chi connectivity index (χ2v) is 2.82. The number of allylic oxidation sites excluding steroid dienone is 5. The molecule has 0 atom stereocenters. The molecule has 3 heteroatoms. The van der Waals surface area contributed by atoms with Crippen LogP contribution in [0.15, 0.2) is 36.0 Å². The third kappa shape index (κ3) is 13.5. The van der Waals surface area contributed by atoms with E-state index < -0.39 is 5.24 Å². The van der Waals surface area contributed by atoms with E-state index in [2.05, 4.69) is 6.58 Å². The Bertz CT molecular complexity index is 240. The van der Waals surface area contributed by atoms with Gasteiger partial charge in [-0.2, -0.15) is 0 Å². The predicted octanol–water partition coefficient (Wildman–Crippen LogP) is 5.10. The molecule has 0 aliphatic rings. The van der Waals surface area contributed by atoms with Crippen molar-refractivity contribution < 1.29 is 4.79 Å². The highest BCUT2D eigenvalue weighted by molar-refractivity contribution is 6.67. The van der Waals surface area contributed by atoms with Crippen molar-refractivity contribution in [1.82, 2.24) is 0 Å². The Morgan fingerprint density at radius 1 is 1.25 bits per heavy atom. The van der Waals surface area contributed by atoms with E-state index in [1.54, 1.807) is 25.2 Å². The van der Waals surface area contributed by atoms with Crippen LogP contribution >= 0.6 is 23.2 Å². The Kier molecular flexibility index (Phi) is 22.0. The first-order chi connectivity index (χ1) is 7.61. The molecule has 0 aromatic heterocycles. The normalized spacial score (nSPS) is 10.4. The molecule has 0 aliphatic carbocycles. The van der Waals surface area contributed by atoms with Crippen molar-refractivity contribution in [1.29, 1.82) is 0 Å². The van der Waals surface area contributed by atoms with Crippen LogP contribution in [0.1, 0.15) is 34.6 Å². The summed E-state index contributed by atoms with van der Waals surface area (Å²) in [5, 5.41) is -0.463. The van der Waals surface area contributed by atoms with E-state index in [1.807, 2.05) is 27.7 Å². The summed E-state index contributed by atoms with van der Waals surface area (Å²) in [5.41, 5.74) is 1.29. The monoisotopic (exact) mass is 264 g/mol. The summed E-state index contributed by atoms with van der Waals surface area (Å²) in [7, 11) is 0. The molecule has 0 spiro atoms. The van der Waals surface area contributed by atoms with Crippen LogP contribution in [-0.2, 0) is 4.79 Å². The number of carbonyl (C=O) groups excluding carboxylic acids is 1. The zero-order valence-electron chi connectivity index (χ0n) is 10.8. The Balaban J connectivity index is -0.000000376. The van der Waals surface area contributed by atoms with E-state index in [-0.39, 0.29) is 0 Å². The smallest absolute Gasteiger partial charge is 0.248 e. The van der Waals surface area contributed by atoms with Crippen LogP contribution in [0.5, 0.6) is 0 Å². The molecule has 0 fully saturated rings. The number of rotatable bonds is 4. The highest BCUT2D eigenvalue weighted by Crippen LogP contribution is 2.07. The van der Waals surface area contributed by atoms with Gasteiger partial charge in [-0.1, -0.05) is 52.5 Å². The van der Waals surface area contributed by atoms with Gasteiger partial charge in [0.25, 0.3) is 0 Å². The minimum Gasteiger partial charge on any atom is -0.276 e. The van der Waals surface area contributed by atoms with Crippen LogP contribution in [0.25, 0.3) is 0 Å². The highest BCUT2D eigenvalue weighted by atomic mass is 35.5. The fourth-order valence-electron chi connectivity index (χ4n) is 0.617. The molecule has 0 N–H and O–H groups in total. The second kappa shape index (κ2) is 16.9. The topological polar surface area (TPSA) is 17.1 Å². The largest absolute Gasteiger partial charge is 0.276 e. The minimum atomic E-state index is -0.463. The third-order valence-electron chi connectivity index (χ3n) is 1.20. The molecule has 0 aliphatic heterocycles. The first-order valence-electron chi connectivity index (χ1n) is 5.37. The lowest BCUT2D eigenvalue weighted by atomic mass is 10.2. The Labute approximate surface area is 110 Å². The fourth-order valence-corrected chi connectivity index (χ4v) is 0.838. The van der Waals surface area contributed by atoms with E-state index in [1.165, 1.54) is 0 Å². The molecule has 0 heterocycles. The van der Waals surface area contributed by atoms with E-state index in [0.29, 0.717) is 11.5 Å². The molecule has 0 bridgehead atoms. The summed E-state index contributed by atoms with van der Waals surface area (Å²) in [6, 6.07) is 0. The molecule has 0 radical (unpaired) electrons. The standard InChI is InChI=1S/C9H10Cl2O.2C2H6/c1-3-4-8(6-10)5-7(2)9(11)12;2*1-2/h3-5H,1,6H2,2H3;2*1-2H3/b7-5+,8-4+;;. The maximum atomic E-state index is 10.6. The summed E-state index contributed by atoms with van der Waals surface area (Å²) in [4.78, 5) is 10.6. The van der Waals surface area contributed by atoms with E-state index in [0.717, 1.165) is 5.57 Å². The Hall–Kier alpha value is -0.530. The number of carbonyl (C=O) groups is 1. The molecule has 94 valence electrons. The van der Waals surface area contributed by atoms with Gasteiger partial charge < -0.3 is 0 Å². The summed E-state index contributed by atoms with van der Waals surface area (Å²) >= 11 is 10.8. The predicted molar refractivity (Wildman–Crippen MR) is 76.3 cm³/mol. The average molecular weight is 265 g/mol. The van der Waals surface area contributed by atoms with Crippen LogP contribution in [0.3, 0.4) is 0 Å². The molecule has 0 amide bonds. The number of hydrogen-bond donors (Lipinski definition) is 0. The lowest BCUT2D eigenvalue weighted by Gasteiger charge is -1.95. The van der Waals surface area contributed by atoms with Gasteiger partial charge in [0.15, 0.2) is 0 Å². The first kappa shape index (κ1) is 20.8. The van der Waals surface area contributed by atoms with E-state index in [9.17, 15) is 4.79 Å². The molecular formula is C13H22Cl2O. The van der Waals surface area contributed by atoms with E-state index in [4.69, 9.17) is 23.2 Å². The fraction of sp³-hybridized carbons (Fsp3) is 0.462. The van der Waals surface area contributed by atoms with E-state index >= 15 is 0 Å². The van der Waals surface area contributed by atoms with Gasteiger partial charge in [0.2, 0.25) is 5.24 Å². The summed E-state index contributed by atoms with van der Waals surface area (Å²) in [5.74, 6) is 0.341.